The molecular weight excluding hydrogens is 388 g/mol. The molecular formula is C27H54O4. The molecule has 0 fully saturated rings. The van der Waals surface area contributed by atoms with Gasteiger partial charge in [-0.2, -0.15) is 0 Å². The summed E-state index contributed by atoms with van der Waals surface area (Å²) in [6.07, 6.45) is 24.4. The van der Waals surface area contributed by atoms with Crippen molar-refractivity contribution in [3.05, 3.63) is 12.3 Å². The van der Waals surface area contributed by atoms with Crippen LogP contribution in [0.5, 0.6) is 0 Å². The highest BCUT2D eigenvalue weighted by Gasteiger charge is 2.08. The van der Waals surface area contributed by atoms with Crippen LogP contribution in [0.2, 0.25) is 0 Å². The molecule has 0 saturated heterocycles. The summed E-state index contributed by atoms with van der Waals surface area (Å²) in [6, 6.07) is 0. The molecule has 0 N–H and O–H groups in total. The maximum absolute atomic E-state index is 6.03. The van der Waals surface area contributed by atoms with Crippen LogP contribution in [-0.4, -0.2) is 32.9 Å². The number of rotatable bonds is 26. The Morgan fingerprint density at radius 3 is 1.58 bits per heavy atom. The second-order valence-corrected chi connectivity index (χ2v) is 8.56. The van der Waals surface area contributed by atoms with Crippen LogP contribution in [0.3, 0.4) is 0 Å². The highest BCUT2D eigenvalue weighted by molar-refractivity contribution is 4.73. The summed E-state index contributed by atoms with van der Waals surface area (Å²) in [7, 11) is 0. The van der Waals surface area contributed by atoms with E-state index in [1.54, 1.807) is 6.26 Å². The maximum atomic E-state index is 6.03. The van der Waals surface area contributed by atoms with Gasteiger partial charge in [0.05, 0.1) is 12.9 Å². The van der Waals surface area contributed by atoms with Gasteiger partial charge in [0.2, 0.25) is 0 Å². The fourth-order valence-electron chi connectivity index (χ4n) is 3.38. The van der Waals surface area contributed by atoms with E-state index in [1.165, 1.54) is 77.0 Å². The zero-order valence-electron chi connectivity index (χ0n) is 21.2. The molecule has 0 atom stereocenters. The number of hydrogen-bond acceptors (Lipinski definition) is 4. The van der Waals surface area contributed by atoms with Crippen molar-refractivity contribution < 1.29 is 18.9 Å². The first-order valence-corrected chi connectivity index (χ1v) is 13.4. The number of allylic oxidation sites excluding steroid dienone is 1. The van der Waals surface area contributed by atoms with Crippen LogP contribution >= 0.6 is 0 Å². The largest absolute Gasteiger partial charge is 0.475 e. The molecule has 0 radical (unpaired) electrons. The molecule has 4 nitrogen and oxygen atoms in total. The molecule has 0 bridgehead atoms. The average Bonchev–Trinajstić information content (AvgIpc) is 2.78. The minimum absolute atomic E-state index is 0.0960. The molecule has 0 rings (SSSR count). The highest BCUT2D eigenvalue weighted by atomic mass is 16.7. The molecule has 0 aromatic carbocycles. The molecule has 0 aromatic heterocycles. The van der Waals surface area contributed by atoms with E-state index in [-0.39, 0.29) is 6.29 Å². The van der Waals surface area contributed by atoms with Crippen molar-refractivity contribution in [2.24, 2.45) is 0 Å². The topological polar surface area (TPSA) is 36.9 Å². The monoisotopic (exact) mass is 442 g/mol. The van der Waals surface area contributed by atoms with Crippen molar-refractivity contribution in [2.45, 2.75) is 136 Å². The van der Waals surface area contributed by atoms with Crippen molar-refractivity contribution in [1.29, 1.82) is 0 Å². The molecule has 0 aromatic rings. The van der Waals surface area contributed by atoms with Crippen LogP contribution in [0.15, 0.2) is 12.3 Å². The van der Waals surface area contributed by atoms with Gasteiger partial charge in [0.25, 0.3) is 0 Å². The average molecular weight is 443 g/mol. The van der Waals surface area contributed by atoms with E-state index in [4.69, 9.17) is 18.9 Å². The summed E-state index contributed by atoms with van der Waals surface area (Å²) in [4.78, 5) is 0. The van der Waals surface area contributed by atoms with E-state index in [9.17, 15) is 0 Å². The molecule has 0 aliphatic carbocycles. The third kappa shape index (κ3) is 25.6. The van der Waals surface area contributed by atoms with Crippen molar-refractivity contribution in [2.75, 3.05) is 26.6 Å². The maximum Gasteiger partial charge on any atom is 0.188 e. The predicted octanol–water partition coefficient (Wildman–Crippen LogP) is 8.54. The Morgan fingerprint density at radius 1 is 0.581 bits per heavy atom. The SMILES string of the molecule is CCCCCCCOCOC=CCCC(OCCCCCCC)OCCCCCCC. The van der Waals surface area contributed by atoms with E-state index in [1.807, 2.05) is 6.08 Å². The molecule has 0 aliphatic heterocycles. The molecule has 0 aliphatic rings. The number of ether oxygens (including phenoxy) is 4. The second kappa shape index (κ2) is 27.5. The summed E-state index contributed by atoms with van der Waals surface area (Å²) < 4.78 is 23.0. The van der Waals surface area contributed by atoms with Gasteiger partial charge in [-0.1, -0.05) is 97.8 Å². The summed E-state index contributed by atoms with van der Waals surface area (Å²) in [5, 5.41) is 0. The molecule has 0 amide bonds. The van der Waals surface area contributed by atoms with E-state index in [2.05, 4.69) is 20.8 Å². The summed E-state index contributed by atoms with van der Waals surface area (Å²) in [5.41, 5.74) is 0. The Kier molecular flexibility index (Phi) is 26.9. The third-order valence-corrected chi connectivity index (χ3v) is 5.41. The first kappa shape index (κ1) is 30.4. The molecule has 186 valence electrons. The fourth-order valence-corrected chi connectivity index (χ4v) is 3.38. The highest BCUT2D eigenvalue weighted by Crippen LogP contribution is 2.11. The molecule has 0 spiro atoms. The van der Waals surface area contributed by atoms with Crippen LogP contribution in [0, 0.1) is 0 Å². The predicted molar refractivity (Wildman–Crippen MR) is 132 cm³/mol. The lowest BCUT2D eigenvalue weighted by Gasteiger charge is -2.18. The Bertz CT molecular complexity index is 330. The minimum atomic E-state index is -0.0960. The van der Waals surface area contributed by atoms with Gasteiger partial charge in [-0.15, -0.1) is 0 Å². The second-order valence-electron chi connectivity index (χ2n) is 8.56. The van der Waals surface area contributed by atoms with E-state index < -0.39 is 0 Å². The van der Waals surface area contributed by atoms with Crippen LogP contribution < -0.4 is 0 Å². The van der Waals surface area contributed by atoms with Crippen molar-refractivity contribution in [3.63, 3.8) is 0 Å². The summed E-state index contributed by atoms with van der Waals surface area (Å²) in [5.74, 6) is 0. The van der Waals surface area contributed by atoms with Crippen LogP contribution in [0.25, 0.3) is 0 Å². The Balaban J connectivity index is 3.82. The van der Waals surface area contributed by atoms with Gasteiger partial charge in [0.1, 0.15) is 0 Å². The van der Waals surface area contributed by atoms with Crippen molar-refractivity contribution in [1.82, 2.24) is 0 Å². The van der Waals surface area contributed by atoms with Gasteiger partial charge in [0, 0.05) is 19.6 Å². The molecule has 0 saturated carbocycles. The minimum Gasteiger partial charge on any atom is -0.475 e. The number of hydrogen-bond donors (Lipinski definition) is 0. The smallest absolute Gasteiger partial charge is 0.188 e. The fraction of sp³-hybridized carbons (Fsp3) is 0.926. The standard InChI is InChI=1S/C27H54O4/c1-4-7-10-13-17-22-28-26-29-23-20-16-21-27(30-24-18-14-11-8-5-2)31-25-19-15-12-9-6-3/h20,23,27H,4-19,21-22,24-26H2,1-3H3. The van der Waals surface area contributed by atoms with E-state index >= 15 is 0 Å². The van der Waals surface area contributed by atoms with Crippen molar-refractivity contribution in [3.8, 4) is 0 Å². The summed E-state index contributed by atoms with van der Waals surface area (Å²) in [6.45, 7) is 9.47. The quantitative estimate of drug-likeness (QED) is 0.0764. The van der Waals surface area contributed by atoms with Crippen LogP contribution in [0.1, 0.15) is 130 Å². The molecule has 0 unspecified atom stereocenters. The molecule has 4 heteroatoms. The third-order valence-electron chi connectivity index (χ3n) is 5.41. The first-order chi connectivity index (χ1) is 15.3. The van der Waals surface area contributed by atoms with Gasteiger partial charge in [0.15, 0.2) is 13.1 Å². The van der Waals surface area contributed by atoms with E-state index in [0.717, 1.165) is 51.9 Å². The zero-order valence-corrected chi connectivity index (χ0v) is 21.2. The van der Waals surface area contributed by atoms with Gasteiger partial charge >= 0.3 is 0 Å². The van der Waals surface area contributed by atoms with Gasteiger partial charge in [-0.25, -0.2) is 0 Å². The normalized spacial score (nSPS) is 11.7. The van der Waals surface area contributed by atoms with Gasteiger partial charge in [-0.3, -0.25) is 0 Å². The molecule has 0 heterocycles. The first-order valence-electron chi connectivity index (χ1n) is 13.4. The molecule has 31 heavy (non-hydrogen) atoms. The van der Waals surface area contributed by atoms with Gasteiger partial charge < -0.3 is 18.9 Å². The lowest BCUT2D eigenvalue weighted by atomic mass is 10.2. The lowest BCUT2D eigenvalue weighted by molar-refractivity contribution is -0.146. The van der Waals surface area contributed by atoms with E-state index in [0.29, 0.717) is 6.79 Å². The Labute approximate surface area is 194 Å². The summed E-state index contributed by atoms with van der Waals surface area (Å²) >= 11 is 0. The Hall–Kier alpha value is -0.580. The lowest BCUT2D eigenvalue weighted by Crippen LogP contribution is -2.18. The number of unbranched alkanes of at least 4 members (excludes halogenated alkanes) is 12. The van der Waals surface area contributed by atoms with Crippen LogP contribution in [0.4, 0.5) is 0 Å². The van der Waals surface area contributed by atoms with Crippen molar-refractivity contribution >= 4 is 0 Å². The Morgan fingerprint density at radius 2 is 1.06 bits per heavy atom. The van der Waals surface area contributed by atoms with Crippen LogP contribution in [-0.2, 0) is 18.9 Å². The van der Waals surface area contributed by atoms with Gasteiger partial charge in [-0.05, 0) is 31.8 Å². The zero-order chi connectivity index (χ0) is 22.7.